The number of hydrogen-bond donors (Lipinski definition) is 0. The molecule has 1 aromatic carbocycles. The lowest BCUT2D eigenvalue weighted by Crippen LogP contribution is -2.39. The molecule has 6 heteroatoms. The smallest absolute Gasteiger partial charge is 0.321 e. The first-order chi connectivity index (χ1) is 9.66. The maximum Gasteiger partial charge on any atom is 0.321 e. The zero-order chi connectivity index (χ0) is 14.1. The number of hydrogen-bond acceptors (Lipinski definition) is 3. The van der Waals surface area contributed by atoms with Crippen LogP contribution in [0.1, 0.15) is 10.9 Å². The van der Waals surface area contributed by atoms with Gasteiger partial charge in [-0.25, -0.2) is 9.52 Å². The van der Waals surface area contributed by atoms with Gasteiger partial charge in [-0.3, -0.25) is 0 Å². The third-order valence-electron chi connectivity index (χ3n) is 3.07. The summed E-state index contributed by atoms with van der Waals surface area (Å²) in [6, 6.07) is 12.4. The molecular formula is C14H11ClN2O2S. The standard InChI is InChI=1S/C14H11ClN2O2S/c15-11-6-4-10(5-7-11)14-17(13(18)9-20-14)12-3-1-2-8-16(12)19/h1-8,14H,9H2. The number of carbonyl (C=O) groups excluding carboxylic acids is 1. The van der Waals surface area contributed by atoms with Crippen molar-refractivity contribution in [2.24, 2.45) is 0 Å². The molecule has 1 unspecified atom stereocenters. The molecule has 0 radical (unpaired) electrons. The first-order valence-electron chi connectivity index (χ1n) is 6.04. The second-order valence-electron chi connectivity index (χ2n) is 4.36. The average molecular weight is 307 g/mol. The number of aromatic nitrogens is 1. The fourth-order valence-corrected chi connectivity index (χ4v) is 3.44. The molecule has 1 atom stereocenters. The highest BCUT2D eigenvalue weighted by Gasteiger charge is 2.41. The highest BCUT2D eigenvalue weighted by atomic mass is 35.5. The molecule has 1 amide bonds. The van der Waals surface area contributed by atoms with Crippen LogP contribution < -0.4 is 9.63 Å². The van der Waals surface area contributed by atoms with E-state index in [2.05, 4.69) is 0 Å². The Morgan fingerprint density at radius 1 is 1.25 bits per heavy atom. The molecule has 1 aromatic heterocycles. The topological polar surface area (TPSA) is 47.2 Å². The van der Waals surface area contributed by atoms with Crippen molar-refractivity contribution in [3.05, 3.63) is 64.5 Å². The molecular weight excluding hydrogens is 296 g/mol. The molecule has 102 valence electrons. The lowest BCUT2D eigenvalue weighted by Gasteiger charge is -2.20. The van der Waals surface area contributed by atoms with Gasteiger partial charge in [0.05, 0.1) is 6.20 Å². The van der Waals surface area contributed by atoms with Crippen molar-refractivity contribution in [1.29, 1.82) is 0 Å². The molecule has 0 aliphatic carbocycles. The van der Waals surface area contributed by atoms with E-state index in [1.165, 1.54) is 18.0 Å². The Kier molecular flexibility index (Phi) is 3.54. The van der Waals surface area contributed by atoms with Crippen LogP contribution >= 0.6 is 23.4 Å². The molecule has 0 bridgehead atoms. The number of halogens is 1. The molecule has 3 rings (SSSR count). The van der Waals surface area contributed by atoms with Crippen LogP contribution in [0.3, 0.4) is 0 Å². The van der Waals surface area contributed by atoms with E-state index in [0.29, 0.717) is 21.3 Å². The van der Waals surface area contributed by atoms with Crippen LogP contribution in [0.2, 0.25) is 5.02 Å². The molecule has 1 aliphatic heterocycles. The van der Waals surface area contributed by atoms with Gasteiger partial charge in [0.2, 0.25) is 0 Å². The highest BCUT2D eigenvalue weighted by Crippen LogP contribution is 2.40. The minimum absolute atomic E-state index is 0.0641. The number of anilines is 1. The maximum atomic E-state index is 12.1. The van der Waals surface area contributed by atoms with E-state index in [-0.39, 0.29) is 11.3 Å². The van der Waals surface area contributed by atoms with E-state index in [1.54, 1.807) is 35.2 Å². The van der Waals surface area contributed by atoms with Crippen LogP contribution in [0, 0.1) is 5.21 Å². The monoisotopic (exact) mass is 306 g/mol. The van der Waals surface area contributed by atoms with Crippen molar-refractivity contribution in [2.75, 3.05) is 10.7 Å². The van der Waals surface area contributed by atoms with Crippen LogP contribution in [0.4, 0.5) is 5.82 Å². The van der Waals surface area contributed by atoms with Gasteiger partial charge in [0.15, 0.2) is 5.37 Å². The van der Waals surface area contributed by atoms with Gasteiger partial charge < -0.3 is 5.21 Å². The molecule has 2 aromatic rings. The fraction of sp³-hybridized carbons (Fsp3) is 0.143. The molecule has 1 fully saturated rings. The SMILES string of the molecule is O=C1CSC(c2ccc(Cl)cc2)N1c1cccc[n+]1[O-]. The Balaban J connectivity index is 2.01. The quantitative estimate of drug-likeness (QED) is 0.633. The maximum absolute atomic E-state index is 12.1. The molecule has 0 spiro atoms. The van der Waals surface area contributed by atoms with Crippen LogP contribution in [-0.4, -0.2) is 11.7 Å². The third-order valence-corrected chi connectivity index (χ3v) is 4.54. The summed E-state index contributed by atoms with van der Waals surface area (Å²) < 4.78 is 0.715. The number of thioether (sulfide) groups is 1. The molecule has 0 saturated carbocycles. The number of pyridine rings is 1. The number of rotatable bonds is 2. The van der Waals surface area contributed by atoms with E-state index in [0.717, 1.165) is 5.56 Å². The minimum Gasteiger partial charge on any atom is -0.711 e. The van der Waals surface area contributed by atoms with Gasteiger partial charge in [0, 0.05) is 16.7 Å². The normalized spacial score (nSPS) is 18.6. The molecule has 20 heavy (non-hydrogen) atoms. The second-order valence-corrected chi connectivity index (χ2v) is 5.87. The molecule has 0 N–H and O–H groups in total. The van der Waals surface area contributed by atoms with Crippen molar-refractivity contribution in [1.82, 2.24) is 0 Å². The Labute approximate surface area is 125 Å². The lowest BCUT2D eigenvalue weighted by atomic mass is 10.2. The third kappa shape index (κ3) is 2.34. The molecule has 4 nitrogen and oxygen atoms in total. The summed E-state index contributed by atoms with van der Waals surface area (Å²) in [7, 11) is 0. The summed E-state index contributed by atoms with van der Waals surface area (Å²) in [5.74, 6) is 0.649. The number of benzene rings is 1. The van der Waals surface area contributed by atoms with Crippen molar-refractivity contribution in [3.63, 3.8) is 0 Å². The van der Waals surface area contributed by atoms with Crippen molar-refractivity contribution in [2.45, 2.75) is 5.37 Å². The van der Waals surface area contributed by atoms with Gasteiger partial charge in [0.25, 0.3) is 5.82 Å². The number of carbonyl (C=O) groups is 1. The summed E-state index contributed by atoms with van der Waals surface area (Å²) in [6.07, 6.45) is 1.39. The predicted molar refractivity (Wildman–Crippen MR) is 79.5 cm³/mol. The first kappa shape index (κ1) is 13.3. The predicted octanol–water partition coefficient (Wildman–Crippen LogP) is 2.75. The minimum atomic E-state index is -0.192. The van der Waals surface area contributed by atoms with E-state index in [9.17, 15) is 10.0 Å². The fourth-order valence-electron chi connectivity index (χ4n) is 2.15. The average Bonchev–Trinajstić information content (AvgIpc) is 2.82. The van der Waals surface area contributed by atoms with Crippen molar-refractivity contribution >= 4 is 35.1 Å². The van der Waals surface area contributed by atoms with Crippen LogP contribution in [0.5, 0.6) is 0 Å². The summed E-state index contributed by atoms with van der Waals surface area (Å²) in [5.41, 5.74) is 0.953. The summed E-state index contributed by atoms with van der Waals surface area (Å²) in [6.45, 7) is 0. The summed E-state index contributed by atoms with van der Waals surface area (Å²) in [5, 5.41) is 12.3. The van der Waals surface area contributed by atoms with Gasteiger partial charge in [-0.05, 0) is 18.2 Å². The Hall–Kier alpha value is -1.72. The van der Waals surface area contributed by atoms with E-state index in [1.807, 2.05) is 12.1 Å². The number of nitrogens with zero attached hydrogens (tertiary/aromatic N) is 2. The van der Waals surface area contributed by atoms with Gasteiger partial charge in [0.1, 0.15) is 5.75 Å². The van der Waals surface area contributed by atoms with Crippen LogP contribution in [0.25, 0.3) is 0 Å². The largest absolute Gasteiger partial charge is 0.711 e. The molecule has 1 saturated heterocycles. The van der Waals surface area contributed by atoms with Crippen LogP contribution in [-0.2, 0) is 4.79 Å². The highest BCUT2D eigenvalue weighted by molar-refractivity contribution is 8.00. The van der Waals surface area contributed by atoms with Gasteiger partial charge in [-0.2, -0.15) is 4.90 Å². The Morgan fingerprint density at radius 3 is 2.70 bits per heavy atom. The Bertz CT molecular complexity index is 648. The second kappa shape index (κ2) is 5.34. The zero-order valence-electron chi connectivity index (χ0n) is 10.4. The van der Waals surface area contributed by atoms with Gasteiger partial charge in [-0.15, -0.1) is 0 Å². The summed E-state index contributed by atoms with van der Waals surface area (Å²) in [4.78, 5) is 13.6. The molecule has 1 aliphatic rings. The van der Waals surface area contributed by atoms with E-state index in [4.69, 9.17) is 11.6 Å². The lowest BCUT2D eigenvalue weighted by molar-refractivity contribution is -0.591. The van der Waals surface area contributed by atoms with E-state index >= 15 is 0 Å². The van der Waals surface area contributed by atoms with Crippen molar-refractivity contribution < 1.29 is 9.52 Å². The number of amides is 1. The van der Waals surface area contributed by atoms with Crippen LogP contribution in [0.15, 0.2) is 48.7 Å². The Morgan fingerprint density at radius 2 is 2.00 bits per heavy atom. The van der Waals surface area contributed by atoms with E-state index < -0.39 is 0 Å². The van der Waals surface area contributed by atoms with Crippen molar-refractivity contribution in [3.8, 4) is 0 Å². The zero-order valence-corrected chi connectivity index (χ0v) is 12.0. The van der Waals surface area contributed by atoms with Gasteiger partial charge >= 0.3 is 5.91 Å². The first-order valence-corrected chi connectivity index (χ1v) is 7.47. The molecule has 2 heterocycles. The van der Waals surface area contributed by atoms with Gasteiger partial charge in [-0.1, -0.05) is 41.6 Å². The summed E-state index contributed by atoms with van der Waals surface area (Å²) >= 11 is 7.39.